The zero-order valence-electron chi connectivity index (χ0n) is 21.4. The molecule has 0 atom stereocenters. The third kappa shape index (κ3) is 2.59. The number of aromatic nitrogens is 2. The molecule has 0 saturated carbocycles. The molecular weight excluding hydrogens is 438 g/mol. The first-order chi connectivity index (χ1) is 17.3. The van der Waals surface area contributed by atoms with Crippen molar-refractivity contribution in [2.45, 2.75) is 34.1 Å². The van der Waals surface area contributed by atoms with Crippen LogP contribution in [0.3, 0.4) is 0 Å². The second kappa shape index (κ2) is 6.95. The molecule has 0 bridgehead atoms. The highest BCUT2D eigenvalue weighted by atomic mass is 15.0. The number of nitrogens with zero attached hydrogens (tertiary/aromatic N) is 3. The van der Waals surface area contributed by atoms with Gasteiger partial charge in [-0.3, -0.25) is 0 Å². The number of benzene rings is 4. The molecule has 3 nitrogen and oxygen atoms in total. The Labute approximate surface area is 210 Å². The normalized spacial score (nSPS) is 12.7. The molecule has 7 aromatic rings. The minimum Gasteiger partial charge on any atom is -0.309 e. The van der Waals surface area contributed by atoms with Crippen molar-refractivity contribution in [1.82, 2.24) is 4.40 Å². The molecule has 0 amide bonds. The molecule has 0 saturated heterocycles. The summed E-state index contributed by atoms with van der Waals surface area (Å²) < 4.78 is 4.78. The first kappa shape index (κ1) is 21.1. The molecule has 3 aromatic heterocycles. The predicted octanol–water partition coefficient (Wildman–Crippen LogP) is 8.42. The van der Waals surface area contributed by atoms with Gasteiger partial charge in [0.15, 0.2) is 11.9 Å². The van der Waals surface area contributed by atoms with Crippen LogP contribution in [0.15, 0.2) is 66.9 Å². The van der Waals surface area contributed by atoms with Crippen molar-refractivity contribution < 1.29 is 4.57 Å². The van der Waals surface area contributed by atoms with Crippen LogP contribution in [-0.2, 0) is 13.5 Å². The monoisotopic (exact) mass is 466 g/mol. The van der Waals surface area contributed by atoms with Gasteiger partial charge in [0.05, 0.1) is 28.4 Å². The van der Waals surface area contributed by atoms with E-state index in [0.717, 1.165) is 28.4 Å². The van der Waals surface area contributed by atoms with Gasteiger partial charge < -0.3 is 4.40 Å². The van der Waals surface area contributed by atoms with Gasteiger partial charge in [-0.1, -0.05) is 69.3 Å². The van der Waals surface area contributed by atoms with Crippen molar-refractivity contribution in [1.29, 1.82) is 0 Å². The van der Waals surface area contributed by atoms with Gasteiger partial charge in [0.2, 0.25) is 5.52 Å². The van der Waals surface area contributed by atoms with Gasteiger partial charge in [-0.2, -0.15) is 0 Å². The van der Waals surface area contributed by atoms with E-state index >= 15 is 0 Å². The van der Waals surface area contributed by atoms with E-state index < -0.39 is 0 Å². The lowest BCUT2D eigenvalue weighted by atomic mass is 9.83. The lowest BCUT2D eigenvalue weighted by molar-refractivity contribution is -0.643. The number of hydrogen-bond acceptors (Lipinski definition) is 0. The van der Waals surface area contributed by atoms with E-state index in [-0.39, 0.29) is 5.41 Å². The minimum absolute atomic E-state index is 0.112. The Kier molecular flexibility index (Phi) is 4.09. The lowest BCUT2D eigenvalue weighted by Gasteiger charge is -2.24. The fraction of sp³-hybridized carbons (Fsp3) is 0.212. The molecule has 4 aromatic carbocycles. The summed E-state index contributed by atoms with van der Waals surface area (Å²) in [5.74, 6) is 0. The fourth-order valence-electron chi connectivity index (χ4n) is 6.52. The van der Waals surface area contributed by atoms with Crippen molar-refractivity contribution in [3.05, 3.63) is 89.4 Å². The zero-order valence-corrected chi connectivity index (χ0v) is 21.4. The maximum absolute atomic E-state index is 7.94. The number of hydrogen-bond donors (Lipinski definition) is 0. The van der Waals surface area contributed by atoms with E-state index in [1.165, 1.54) is 54.6 Å². The van der Waals surface area contributed by atoms with Crippen LogP contribution in [0.25, 0.3) is 64.6 Å². The summed E-state index contributed by atoms with van der Waals surface area (Å²) in [5, 5.41) is 8.69. The van der Waals surface area contributed by atoms with Crippen molar-refractivity contribution in [2.75, 3.05) is 0 Å². The van der Waals surface area contributed by atoms with Crippen molar-refractivity contribution in [2.24, 2.45) is 12.5 Å². The predicted molar refractivity (Wildman–Crippen MR) is 151 cm³/mol. The van der Waals surface area contributed by atoms with E-state index in [1.807, 2.05) is 12.1 Å². The van der Waals surface area contributed by atoms with Crippen LogP contribution in [0.5, 0.6) is 0 Å². The average molecular weight is 467 g/mol. The molecule has 0 aliphatic carbocycles. The molecular formula is C33H28N3+. The second-order valence-electron chi connectivity index (χ2n) is 11.4. The maximum Gasteiger partial charge on any atom is 0.224 e. The Balaban J connectivity index is 1.96. The summed E-state index contributed by atoms with van der Waals surface area (Å²) in [4.78, 5) is 3.95. The van der Waals surface area contributed by atoms with Gasteiger partial charge in [-0.05, 0) is 57.5 Å². The van der Waals surface area contributed by atoms with Crippen LogP contribution in [0.4, 0.5) is 5.69 Å². The largest absolute Gasteiger partial charge is 0.309 e. The molecule has 3 heteroatoms. The Morgan fingerprint density at radius 2 is 1.61 bits per heavy atom. The third-order valence-electron chi connectivity index (χ3n) is 7.87. The Bertz CT molecular complexity index is 2080. The molecule has 0 spiro atoms. The number of rotatable bonds is 1. The van der Waals surface area contributed by atoms with Crippen LogP contribution in [0, 0.1) is 18.9 Å². The van der Waals surface area contributed by atoms with Crippen LogP contribution >= 0.6 is 0 Å². The van der Waals surface area contributed by atoms with Crippen molar-refractivity contribution in [3.63, 3.8) is 0 Å². The van der Waals surface area contributed by atoms with Crippen LogP contribution in [0.2, 0.25) is 0 Å². The highest BCUT2D eigenvalue weighted by Crippen LogP contribution is 2.46. The number of pyridine rings is 2. The average Bonchev–Trinajstić information content (AvgIpc) is 3.21. The first-order valence-corrected chi connectivity index (χ1v) is 12.6. The highest BCUT2D eigenvalue weighted by molar-refractivity contribution is 6.30. The third-order valence-corrected chi connectivity index (χ3v) is 7.87. The van der Waals surface area contributed by atoms with E-state index in [1.54, 1.807) is 0 Å². The van der Waals surface area contributed by atoms with Gasteiger partial charge in [-0.15, -0.1) is 0 Å². The maximum atomic E-state index is 7.94. The smallest absolute Gasteiger partial charge is 0.224 e. The van der Waals surface area contributed by atoms with Gasteiger partial charge in [0, 0.05) is 17.0 Å². The molecule has 36 heavy (non-hydrogen) atoms. The highest BCUT2D eigenvalue weighted by Gasteiger charge is 2.28. The SMILES string of the molecule is [C-]#[N+]c1cccc2c1c1ccc3cc[n+](C)c4c5c(C)c6ccccc6c(CC(C)(C)C)c5n2c1c34. The number of fused-ring (bicyclic) bond motifs is 7. The summed E-state index contributed by atoms with van der Waals surface area (Å²) in [6.07, 6.45) is 3.15. The Morgan fingerprint density at radius 3 is 2.36 bits per heavy atom. The fourth-order valence-corrected chi connectivity index (χ4v) is 6.52. The molecule has 0 aliphatic heterocycles. The molecule has 174 valence electrons. The molecule has 0 radical (unpaired) electrons. The van der Waals surface area contributed by atoms with Gasteiger partial charge in [0.25, 0.3) is 0 Å². The standard InChI is InChI=1S/C33H28N3/c1-19-21-10-7-8-11-22(21)24(18-33(2,3)4)31-27(19)32-28-20(16-17-35(32)6)14-15-23-29-25(34-5)12-9-13-26(29)36(31)30(23)28/h7-17H,18H2,1-4,6H3/q+1. The number of aryl methyl sites for hydroxylation is 2. The molecule has 0 unspecified atom stereocenters. The summed E-state index contributed by atoms with van der Waals surface area (Å²) in [6.45, 7) is 17.2. The topological polar surface area (TPSA) is 12.7 Å². The zero-order chi connectivity index (χ0) is 24.9. The van der Waals surface area contributed by atoms with Crippen molar-refractivity contribution >= 4 is 65.5 Å². The van der Waals surface area contributed by atoms with Crippen molar-refractivity contribution in [3.8, 4) is 0 Å². The molecule has 7 rings (SSSR count). The van der Waals surface area contributed by atoms with Gasteiger partial charge in [-0.25, -0.2) is 9.41 Å². The van der Waals surface area contributed by atoms with Gasteiger partial charge >= 0.3 is 0 Å². The lowest BCUT2D eigenvalue weighted by Crippen LogP contribution is -2.29. The Hall–Kier alpha value is -4.16. The van der Waals surface area contributed by atoms with E-state index in [9.17, 15) is 0 Å². The summed E-state index contributed by atoms with van der Waals surface area (Å²) in [6, 6.07) is 21.7. The Morgan fingerprint density at radius 1 is 0.833 bits per heavy atom. The molecule has 3 heterocycles. The summed E-state index contributed by atoms with van der Waals surface area (Å²) in [5.41, 5.74) is 8.42. The molecule has 0 aliphatic rings. The quantitative estimate of drug-likeness (QED) is 0.0997. The van der Waals surface area contributed by atoms with E-state index in [0.29, 0.717) is 0 Å². The molecule has 0 fully saturated rings. The second-order valence-corrected chi connectivity index (χ2v) is 11.4. The first-order valence-electron chi connectivity index (χ1n) is 12.6. The summed E-state index contributed by atoms with van der Waals surface area (Å²) >= 11 is 0. The van der Waals surface area contributed by atoms with E-state index in [2.05, 4.69) is 103 Å². The minimum atomic E-state index is 0.112. The van der Waals surface area contributed by atoms with Crippen LogP contribution in [0.1, 0.15) is 31.9 Å². The van der Waals surface area contributed by atoms with E-state index in [4.69, 9.17) is 6.57 Å². The van der Waals surface area contributed by atoms with Crippen LogP contribution in [-0.4, -0.2) is 4.40 Å². The summed E-state index contributed by atoms with van der Waals surface area (Å²) in [7, 11) is 2.17. The van der Waals surface area contributed by atoms with Crippen LogP contribution < -0.4 is 4.57 Å². The molecule has 0 N–H and O–H groups in total. The van der Waals surface area contributed by atoms with Gasteiger partial charge in [0.1, 0.15) is 7.05 Å².